The number of furan rings is 1. The fourth-order valence-corrected chi connectivity index (χ4v) is 2.45. The molecule has 0 aliphatic rings. The summed E-state index contributed by atoms with van der Waals surface area (Å²) in [5.74, 6) is -2.51. The standard InChI is InChI=1S/C20H16N2O6/c1-13-7-9-15(10-8-13)21-19(23)18(14-5-3-2-4-6-14)28-20(24)16-11-12-17(27-16)22(25)26/h2-12,18H,1H3,(H,21,23)/t18-/m0/s1. The molecule has 2 aromatic carbocycles. The molecule has 1 amide bonds. The first-order valence-corrected chi connectivity index (χ1v) is 8.32. The van der Waals surface area contributed by atoms with Gasteiger partial charge in [0, 0.05) is 11.3 Å². The van der Waals surface area contributed by atoms with Gasteiger partial charge in [0.1, 0.15) is 4.92 Å². The molecular weight excluding hydrogens is 364 g/mol. The molecule has 0 saturated carbocycles. The van der Waals surface area contributed by atoms with Crippen LogP contribution in [0.25, 0.3) is 0 Å². The van der Waals surface area contributed by atoms with E-state index in [9.17, 15) is 19.7 Å². The van der Waals surface area contributed by atoms with Gasteiger partial charge in [-0.2, -0.15) is 0 Å². The first-order chi connectivity index (χ1) is 13.4. The molecule has 0 unspecified atom stereocenters. The average molecular weight is 380 g/mol. The van der Waals surface area contributed by atoms with Crippen molar-refractivity contribution in [2.75, 3.05) is 5.32 Å². The van der Waals surface area contributed by atoms with Crippen LogP contribution in [0.1, 0.15) is 27.8 Å². The van der Waals surface area contributed by atoms with Crippen LogP contribution in [0.3, 0.4) is 0 Å². The fourth-order valence-electron chi connectivity index (χ4n) is 2.45. The number of amides is 1. The third kappa shape index (κ3) is 4.42. The predicted octanol–water partition coefficient (Wildman–Crippen LogP) is 4.03. The summed E-state index contributed by atoms with van der Waals surface area (Å²) in [7, 11) is 0. The number of nitrogens with zero attached hydrogens (tertiary/aromatic N) is 1. The van der Waals surface area contributed by atoms with E-state index in [4.69, 9.17) is 9.15 Å². The molecule has 0 bridgehead atoms. The number of esters is 1. The van der Waals surface area contributed by atoms with E-state index >= 15 is 0 Å². The molecule has 8 nitrogen and oxygen atoms in total. The molecular formula is C20H16N2O6. The number of nitrogens with one attached hydrogen (secondary N) is 1. The van der Waals surface area contributed by atoms with Crippen LogP contribution >= 0.6 is 0 Å². The lowest BCUT2D eigenvalue weighted by atomic mass is 10.1. The molecule has 3 aromatic rings. The quantitative estimate of drug-likeness (QED) is 0.392. The number of carbonyl (C=O) groups excluding carboxylic acids is 2. The molecule has 0 radical (unpaired) electrons. The Morgan fingerprint density at radius 1 is 1.04 bits per heavy atom. The van der Waals surface area contributed by atoms with Gasteiger partial charge in [0.05, 0.1) is 6.07 Å². The van der Waals surface area contributed by atoms with Crippen molar-refractivity contribution in [2.45, 2.75) is 13.0 Å². The predicted molar refractivity (Wildman–Crippen MR) is 99.8 cm³/mol. The van der Waals surface area contributed by atoms with Crippen LogP contribution in [0.2, 0.25) is 0 Å². The second-order valence-corrected chi connectivity index (χ2v) is 5.95. The molecule has 3 rings (SSSR count). The summed E-state index contributed by atoms with van der Waals surface area (Å²) in [6.45, 7) is 1.92. The Labute approximate surface area is 159 Å². The van der Waals surface area contributed by atoms with Gasteiger partial charge in [-0.1, -0.05) is 48.0 Å². The van der Waals surface area contributed by atoms with Crippen molar-refractivity contribution in [3.63, 3.8) is 0 Å². The van der Waals surface area contributed by atoms with Gasteiger partial charge in [-0.25, -0.2) is 4.79 Å². The van der Waals surface area contributed by atoms with Gasteiger partial charge in [-0.05, 0) is 25.1 Å². The van der Waals surface area contributed by atoms with Crippen LogP contribution in [0.4, 0.5) is 11.6 Å². The monoisotopic (exact) mass is 380 g/mol. The number of rotatable bonds is 6. The second-order valence-electron chi connectivity index (χ2n) is 5.95. The van der Waals surface area contributed by atoms with E-state index in [1.165, 1.54) is 0 Å². The van der Waals surface area contributed by atoms with E-state index in [1.807, 2.05) is 19.1 Å². The number of aryl methyl sites for hydroxylation is 1. The summed E-state index contributed by atoms with van der Waals surface area (Å²) in [6.07, 6.45) is -1.26. The van der Waals surface area contributed by atoms with Gasteiger partial charge in [-0.15, -0.1) is 0 Å². The smallest absolute Gasteiger partial charge is 0.433 e. The minimum absolute atomic E-state index is 0.365. The molecule has 28 heavy (non-hydrogen) atoms. The molecule has 0 spiro atoms. The topological polar surface area (TPSA) is 112 Å². The minimum Gasteiger partial charge on any atom is -0.441 e. The molecule has 0 aliphatic heterocycles. The van der Waals surface area contributed by atoms with Gasteiger partial charge in [0.25, 0.3) is 5.91 Å². The van der Waals surface area contributed by atoms with Crippen LogP contribution in [0.5, 0.6) is 0 Å². The van der Waals surface area contributed by atoms with Gasteiger partial charge < -0.3 is 14.5 Å². The van der Waals surface area contributed by atoms with E-state index < -0.39 is 28.8 Å². The molecule has 1 heterocycles. The lowest BCUT2D eigenvalue weighted by molar-refractivity contribution is -0.402. The molecule has 1 aromatic heterocycles. The van der Waals surface area contributed by atoms with E-state index in [2.05, 4.69) is 5.32 Å². The third-order valence-electron chi connectivity index (χ3n) is 3.86. The van der Waals surface area contributed by atoms with Crippen LogP contribution in [-0.2, 0) is 9.53 Å². The van der Waals surface area contributed by atoms with Crippen molar-refractivity contribution in [3.05, 3.63) is 93.7 Å². The van der Waals surface area contributed by atoms with E-state index in [-0.39, 0.29) is 5.76 Å². The molecule has 8 heteroatoms. The Bertz CT molecular complexity index is 995. The highest BCUT2D eigenvalue weighted by molar-refractivity contribution is 5.97. The molecule has 0 saturated heterocycles. The Morgan fingerprint density at radius 3 is 2.32 bits per heavy atom. The van der Waals surface area contributed by atoms with Gasteiger partial charge >= 0.3 is 11.9 Å². The summed E-state index contributed by atoms with van der Waals surface area (Å²) in [5, 5.41) is 13.4. The maximum Gasteiger partial charge on any atom is 0.433 e. The number of hydrogen-bond donors (Lipinski definition) is 1. The van der Waals surface area contributed by atoms with E-state index in [0.29, 0.717) is 11.3 Å². The van der Waals surface area contributed by atoms with Crippen molar-refractivity contribution >= 4 is 23.4 Å². The average Bonchev–Trinajstić information content (AvgIpc) is 3.19. The first kappa shape index (κ1) is 18.8. The van der Waals surface area contributed by atoms with Crippen molar-refractivity contribution in [2.24, 2.45) is 0 Å². The van der Waals surface area contributed by atoms with E-state index in [1.54, 1.807) is 42.5 Å². The van der Waals surface area contributed by atoms with Gasteiger partial charge in [-0.3, -0.25) is 14.9 Å². The van der Waals surface area contributed by atoms with Crippen LogP contribution in [0.15, 0.2) is 71.1 Å². The number of carbonyl (C=O) groups is 2. The first-order valence-electron chi connectivity index (χ1n) is 8.32. The Morgan fingerprint density at radius 2 is 1.71 bits per heavy atom. The minimum atomic E-state index is -1.26. The summed E-state index contributed by atoms with van der Waals surface area (Å²) < 4.78 is 10.2. The molecule has 1 N–H and O–H groups in total. The molecule has 0 aliphatic carbocycles. The number of hydrogen-bond acceptors (Lipinski definition) is 6. The van der Waals surface area contributed by atoms with Crippen molar-refractivity contribution < 1.29 is 23.7 Å². The highest BCUT2D eigenvalue weighted by Crippen LogP contribution is 2.24. The summed E-state index contributed by atoms with van der Waals surface area (Å²) >= 11 is 0. The van der Waals surface area contributed by atoms with Gasteiger partial charge in [0.15, 0.2) is 0 Å². The molecule has 142 valence electrons. The maximum atomic E-state index is 12.8. The highest BCUT2D eigenvalue weighted by Gasteiger charge is 2.28. The Hall–Kier alpha value is -3.94. The largest absolute Gasteiger partial charge is 0.441 e. The normalized spacial score (nSPS) is 11.5. The Balaban J connectivity index is 1.82. The Kier molecular flexibility index (Phi) is 5.50. The lowest BCUT2D eigenvalue weighted by Gasteiger charge is -2.17. The zero-order valence-electron chi connectivity index (χ0n) is 14.8. The van der Waals surface area contributed by atoms with Gasteiger partial charge in [0.2, 0.25) is 11.9 Å². The van der Waals surface area contributed by atoms with Crippen molar-refractivity contribution in [1.82, 2.24) is 0 Å². The van der Waals surface area contributed by atoms with Crippen molar-refractivity contribution in [1.29, 1.82) is 0 Å². The number of ether oxygens (including phenoxy) is 1. The number of benzene rings is 2. The highest BCUT2D eigenvalue weighted by atomic mass is 16.7. The zero-order valence-corrected chi connectivity index (χ0v) is 14.8. The summed E-state index contributed by atoms with van der Waals surface area (Å²) in [5.41, 5.74) is 2.02. The van der Waals surface area contributed by atoms with Crippen LogP contribution in [0, 0.1) is 17.0 Å². The second kappa shape index (κ2) is 8.17. The van der Waals surface area contributed by atoms with Crippen LogP contribution < -0.4 is 5.32 Å². The summed E-state index contributed by atoms with van der Waals surface area (Å²) in [6, 6.07) is 17.7. The fraction of sp³-hybridized carbons (Fsp3) is 0.100. The number of anilines is 1. The molecule has 1 atom stereocenters. The van der Waals surface area contributed by atoms with Crippen molar-refractivity contribution in [3.8, 4) is 0 Å². The van der Waals surface area contributed by atoms with Crippen LogP contribution in [-0.4, -0.2) is 16.8 Å². The maximum absolute atomic E-state index is 12.8. The third-order valence-corrected chi connectivity index (χ3v) is 3.86. The SMILES string of the molecule is Cc1ccc(NC(=O)[C@@H](OC(=O)c2ccc([N+](=O)[O-])o2)c2ccccc2)cc1. The van der Waals surface area contributed by atoms with E-state index in [0.717, 1.165) is 17.7 Å². The lowest BCUT2D eigenvalue weighted by Crippen LogP contribution is -2.25. The zero-order chi connectivity index (χ0) is 20.1. The number of nitro groups is 1. The summed E-state index contributed by atoms with van der Waals surface area (Å²) in [4.78, 5) is 35.0. The molecule has 0 fully saturated rings.